The monoisotopic (exact) mass is 252 g/mol. The Balaban J connectivity index is 2.76. The van der Waals surface area contributed by atoms with E-state index in [0.717, 1.165) is 12.0 Å². The van der Waals surface area contributed by atoms with Gasteiger partial charge in [-0.1, -0.05) is 6.07 Å². The molecule has 0 fully saturated rings. The molecule has 1 aromatic carbocycles. The van der Waals surface area contributed by atoms with Crippen LogP contribution in [-0.4, -0.2) is 32.7 Å². The first kappa shape index (κ1) is 14.3. The minimum Gasteiger partial charge on any atom is -0.493 e. The molecule has 0 aliphatic carbocycles. The van der Waals surface area contributed by atoms with Gasteiger partial charge in [-0.15, -0.1) is 0 Å². The third-order valence-electron chi connectivity index (χ3n) is 2.42. The number of ether oxygens (including phenoxy) is 2. The summed E-state index contributed by atoms with van der Waals surface area (Å²) >= 11 is 0. The van der Waals surface area contributed by atoms with Crippen LogP contribution in [0.3, 0.4) is 0 Å². The second-order valence-electron chi connectivity index (χ2n) is 4.13. The van der Waals surface area contributed by atoms with E-state index in [-0.39, 0.29) is 18.6 Å². The third-order valence-corrected chi connectivity index (χ3v) is 2.42. The maximum absolute atomic E-state index is 11.1. The maximum Gasteiger partial charge on any atom is 0.257 e. The molecule has 3 N–H and O–H groups in total. The van der Waals surface area contributed by atoms with Crippen molar-refractivity contribution in [2.75, 3.05) is 20.8 Å². The Kier molecular flexibility index (Phi) is 5.45. The van der Waals surface area contributed by atoms with Crippen LogP contribution in [0.2, 0.25) is 0 Å². The molecule has 1 aromatic rings. The Morgan fingerprint density at radius 3 is 2.72 bits per heavy atom. The first-order valence-electron chi connectivity index (χ1n) is 5.82. The van der Waals surface area contributed by atoms with Crippen LogP contribution >= 0.6 is 0 Å². The number of hydrogen-bond donors (Lipinski definition) is 2. The molecule has 1 rings (SSSR count). The number of amides is 1. The maximum atomic E-state index is 11.1. The molecule has 0 aliphatic rings. The number of carbonyl (C=O) groups is 1. The number of rotatable bonds is 6. The van der Waals surface area contributed by atoms with E-state index >= 15 is 0 Å². The summed E-state index contributed by atoms with van der Waals surface area (Å²) in [7, 11) is 3.13. The molecule has 0 heterocycles. The summed E-state index contributed by atoms with van der Waals surface area (Å²) in [4.78, 5) is 11.1. The summed E-state index contributed by atoms with van der Waals surface area (Å²) < 4.78 is 10.6. The molecular weight excluding hydrogens is 232 g/mol. The number of nitrogens with one attached hydrogen (secondary N) is 1. The molecule has 0 radical (unpaired) electrons. The third kappa shape index (κ3) is 4.25. The van der Waals surface area contributed by atoms with Crippen LogP contribution in [0, 0.1) is 0 Å². The molecule has 0 bridgehead atoms. The van der Waals surface area contributed by atoms with Gasteiger partial charge in [0.1, 0.15) is 0 Å². The van der Waals surface area contributed by atoms with E-state index in [9.17, 15) is 4.79 Å². The Morgan fingerprint density at radius 1 is 1.44 bits per heavy atom. The summed E-state index contributed by atoms with van der Waals surface area (Å²) in [5.74, 6) is 0.975. The van der Waals surface area contributed by atoms with Crippen LogP contribution in [0.25, 0.3) is 0 Å². The molecule has 0 saturated carbocycles. The zero-order valence-electron chi connectivity index (χ0n) is 11.0. The van der Waals surface area contributed by atoms with Crippen molar-refractivity contribution in [1.29, 1.82) is 0 Å². The van der Waals surface area contributed by atoms with E-state index in [1.807, 2.05) is 19.1 Å². The SMILES string of the molecule is CNC(=O)COc1ccc(CC(C)N)cc1OC. The van der Waals surface area contributed by atoms with Crippen LogP contribution in [0.1, 0.15) is 12.5 Å². The molecule has 5 nitrogen and oxygen atoms in total. The van der Waals surface area contributed by atoms with E-state index in [2.05, 4.69) is 5.32 Å². The minimum absolute atomic E-state index is 0.0283. The molecule has 100 valence electrons. The fourth-order valence-corrected chi connectivity index (χ4v) is 1.55. The summed E-state index contributed by atoms with van der Waals surface area (Å²) in [6.07, 6.45) is 0.770. The van der Waals surface area contributed by atoms with Gasteiger partial charge in [-0.05, 0) is 31.0 Å². The summed E-state index contributed by atoms with van der Waals surface area (Å²) in [5.41, 5.74) is 6.82. The predicted molar refractivity (Wildman–Crippen MR) is 69.9 cm³/mol. The molecule has 1 atom stereocenters. The van der Waals surface area contributed by atoms with Crippen molar-refractivity contribution in [3.8, 4) is 11.5 Å². The predicted octanol–water partition coefficient (Wildman–Crippen LogP) is 0.710. The van der Waals surface area contributed by atoms with Gasteiger partial charge in [0.05, 0.1) is 7.11 Å². The van der Waals surface area contributed by atoms with Gasteiger partial charge in [-0.3, -0.25) is 4.79 Å². The van der Waals surface area contributed by atoms with Gasteiger partial charge in [-0.2, -0.15) is 0 Å². The van der Waals surface area contributed by atoms with Gasteiger partial charge in [0.25, 0.3) is 5.91 Å². The Labute approximate surface area is 107 Å². The first-order chi connectivity index (χ1) is 8.56. The fourth-order valence-electron chi connectivity index (χ4n) is 1.55. The van der Waals surface area contributed by atoms with E-state index < -0.39 is 0 Å². The van der Waals surface area contributed by atoms with Crippen LogP contribution in [0.15, 0.2) is 18.2 Å². The van der Waals surface area contributed by atoms with E-state index in [1.54, 1.807) is 20.2 Å². The lowest BCUT2D eigenvalue weighted by molar-refractivity contribution is -0.122. The highest BCUT2D eigenvalue weighted by atomic mass is 16.5. The average Bonchev–Trinajstić information content (AvgIpc) is 2.35. The number of benzene rings is 1. The molecule has 1 unspecified atom stereocenters. The molecule has 5 heteroatoms. The Morgan fingerprint density at radius 2 is 2.17 bits per heavy atom. The lowest BCUT2D eigenvalue weighted by atomic mass is 10.1. The average molecular weight is 252 g/mol. The standard InChI is InChI=1S/C13H20N2O3/c1-9(14)6-10-4-5-11(12(7-10)17-3)18-8-13(16)15-2/h4-5,7,9H,6,8,14H2,1-3H3,(H,15,16). The zero-order valence-corrected chi connectivity index (χ0v) is 11.0. The van der Waals surface area contributed by atoms with Gasteiger partial charge in [0, 0.05) is 13.1 Å². The smallest absolute Gasteiger partial charge is 0.257 e. The Hall–Kier alpha value is -1.75. The minimum atomic E-state index is -0.184. The lowest BCUT2D eigenvalue weighted by Crippen LogP contribution is -2.25. The molecule has 0 aliphatic heterocycles. The Bertz CT molecular complexity index is 405. The van der Waals surface area contributed by atoms with Crippen LogP contribution in [0.5, 0.6) is 11.5 Å². The van der Waals surface area contributed by atoms with Gasteiger partial charge in [0.15, 0.2) is 18.1 Å². The van der Waals surface area contributed by atoms with Crippen LogP contribution in [0.4, 0.5) is 0 Å². The number of carbonyl (C=O) groups excluding carboxylic acids is 1. The lowest BCUT2D eigenvalue weighted by Gasteiger charge is -2.12. The van der Waals surface area contributed by atoms with Gasteiger partial charge >= 0.3 is 0 Å². The van der Waals surface area contributed by atoms with Crippen LogP contribution < -0.4 is 20.5 Å². The van der Waals surface area contributed by atoms with Gasteiger partial charge in [-0.25, -0.2) is 0 Å². The highest BCUT2D eigenvalue weighted by molar-refractivity contribution is 5.77. The van der Waals surface area contributed by atoms with Crippen LogP contribution in [-0.2, 0) is 11.2 Å². The molecule has 0 saturated heterocycles. The summed E-state index contributed by atoms with van der Waals surface area (Å²) in [6.45, 7) is 1.92. The zero-order chi connectivity index (χ0) is 13.5. The number of nitrogens with two attached hydrogens (primary N) is 1. The van der Waals surface area contributed by atoms with Crippen molar-refractivity contribution in [2.45, 2.75) is 19.4 Å². The van der Waals surface area contributed by atoms with E-state index in [0.29, 0.717) is 11.5 Å². The second-order valence-corrected chi connectivity index (χ2v) is 4.13. The highest BCUT2D eigenvalue weighted by Gasteiger charge is 2.08. The quantitative estimate of drug-likeness (QED) is 0.782. The van der Waals surface area contributed by atoms with Crippen molar-refractivity contribution < 1.29 is 14.3 Å². The molecule has 0 spiro atoms. The van der Waals surface area contributed by atoms with Crippen molar-refractivity contribution >= 4 is 5.91 Å². The molecular formula is C13H20N2O3. The topological polar surface area (TPSA) is 73.6 Å². The number of methoxy groups -OCH3 is 1. The van der Waals surface area contributed by atoms with Crippen molar-refractivity contribution in [3.63, 3.8) is 0 Å². The number of hydrogen-bond acceptors (Lipinski definition) is 4. The molecule has 0 aromatic heterocycles. The van der Waals surface area contributed by atoms with Gasteiger partial charge < -0.3 is 20.5 Å². The first-order valence-corrected chi connectivity index (χ1v) is 5.82. The molecule has 18 heavy (non-hydrogen) atoms. The van der Waals surface area contributed by atoms with E-state index in [4.69, 9.17) is 15.2 Å². The summed E-state index contributed by atoms with van der Waals surface area (Å²) in [6, 6.07) is 5.68. The summed E-state index contributed by atoms with van der Waals surface area (Å²) in [5, 5.41) is 2.49. The van der Waals surface area contributed by atoms with Gasteiger partial charge in [0.2, 0.25) is 0 Å². The fraction of sp³-hybridized carbons (Fsp3) is 0.462. The van der Waals surface area contributed by atoms with E-state index in [1.165, 1.54) is 0 Å². The van der Waals surface area contributed by atoms with Crippen molar-refractivity contribution in [1.82, 2.24) is 5.32 Å². The second kappa shape index (κ2) is 6.86. The largest absolute Gasteiger partial charge is 0.493 e. The van der Waals surface area contributed by atoms with Crippen molar-refractivity contribution in [3.05, 3.63) is 23.8 Å². The molecule has 1 amide bonds. The normalized spacial score (nSPS) is 11.8. The van der Waals surface area contributed by atoms with Crippen molar-refractivity contribution in [2.24, 2.45) is 5.73 Å². The highest BCUT2D eigenvalue weighted by Crippen LogP contribution is 2.28. The number of likely N-dealkylation sites (N-methyl/N-ethyl adjacent to an activating group) is 1.